The Morgan fingerprint density at radius 1 is 1.44 bits per heavy atom. The maximum absolute atomic E-state index is 13.1. The quantitative estimate of drug-likeness (QED) is 0.728. The Kier molecular flexibility index (Phi) is 5.09. The molecule has 1 atom stereocenters. The van der Waals surface area contributed by atoms with Crippen molar-refractivity contribution in [2.24, 2.45) is 5.92 Å². The normalized spacial score (nSPS) is 12.7. The Labute approximate surface area is 105 Å². The van der Waals surface area contributed by atoms with Crippen LogP contribution in [0.25, 0.3) is 0 Å². The van der Waals surface area contributed by atoms with Gasteiger partial charge in [-0.2, -0.15) is 0 Å². The van der Waals surface area contributed by atoms with Crippen LogP contribution in [0.4, 0.5) is 4.39 Å². The SMILES string of the molecule is CC(C)CC(NCc1cccc(F)c1O)C(=O)O. The summed E-state index contributed by atoms with van der Waals surface area (Å²) in [4.78, 5) is 11.0. The van der Waals surface area contributed by atoms with Gasteiger partial charge in [-0.3, -0.25) is 4.79 Å². The van der Waals surface area contributed by atoms with E-state index in [1.165, 1.54) is 6.07 Å². The smallest absolute Gasteiger partial charge is 0.320 e. The third-order valence-corrected chi connectivity index (χ3v) is 2.61. The number of carbonyl (C=O) groups is 1. The Bertz CT molecular complexity index is 421. The molecule has 0 aliphatic rings. The highest BCUT2D eigenvalue weighted by molar-refractivity contribution is 5.73. The van der Waals surface area contributed by atoms with E-state index in [0.29, 0.717) is 12.0 Å². The minimum atomic E-state index is -0.945. The molecule has 1 unspecified atom stereocenters. The first-order chi connectivity index (χ1) is 8.41. The molecule has 0 bridgehead atoms. The minimum Gasteiger partial charge on any atom is -0.505 e. The fourth-order valence-electron chi connectivity index (χ4n) is 1.68. The van der Waals surface area contributed by atoms with E-state index in [4.69, 9.17) is 5.11 Å². The minimum absolute atomic E-state index is 0.118. The molecular formula is C13H18FNO3. The number of phenolic OH excluding ortho intramolecular Hbond substituents is 1. The van der Waals surface area contributed by atoms with Crippen molar-refractivity contribution in [1.29, 1.82) is 0 Å². The molecule has 0 aliphatic heterocycles. The topological polar surface area (TPSA) is 69.6 Å². The van der Waals surface area contributed by atoms with Crippen LogP contribution in [0.2, 0.25) is 0 Å². The highest BCUT2D eigenvalue weighted by Gasteiger charge is 2.18. The molecule has 0 radical (unpaired) electrons. The maximum atomic E-state index is 13.1. The van der Waals surface area contributed by atoms with Crippen LogP contribution in [-0.4, -0.2) is 22.2 Å². The van der Waals surface area contributed by atoms with Crippen molar-refractivity contribution in [3.63, 3.8) is 0 Å². The van der Waals surface area contributed by atoms with Gasteiger partial charge in [-0.05, 0) is 18.4 Å². The van der Waals surface area contributed by atoms with Crippen LogP contribution >= 0.6 is 0 Å². The molecule has 0 aliphatic carbocycles. The Hall–Kier alpha value is -1.62. The van der Waals surface area contributed by atoms with Crippen molar-refractivity contribution >= 4 is 5.97 Å². The molecule has 0 spiro atoms. The summed E-state index contributed by atoms with van der Waals surface area (Å²) in [5.41, 5.74) is 0.352. The predicted octanol–water partition coefficient (Wildman–Crippen LogP) is 2.12. The summed E-state index contributed by atoms with van der Waals surface area (Å²) >= 11 is 0. The Morgan fingerprint density at radius 3 is 2.67 bits per heavy atom. The van der Waals surface area contributed by atoms with Gasteiger partial charge in [-0.15, -0.1) is 0 Å². The Balaban J connectivity index is 2.67. The number of carboxylic acids is 1. The van der Waals surface area contributed by atoms with E-state index in [-0.39, 0.29) is 12.5 Å². The molecule has 0 saturated heterocycles. The van der Waals surface area contributed by atoms with Crippen LogP contribution in [0.15, 0.2) is 18.2 Å². The summed E-state index contributed by atoms with van der Waals surface area (Å²) in [7, 11) is 0. The summed E-state index contributed by atoms with van der Waals surface area (Å²) in [5, 5.41) is 21.3. The van der Waals surface area contributed by atoms with E-state index in [1.807, 2.05) is 13.8 Å². The van der Waals surface area contributed by atoms with Gasteiger partial charge in [-0.1, -0.05) is 26.0 Å². The standard InChI is InChI=1S/C13H18FNO3/c1-8(2)6-11(13(17)18)15-7-9-4-3-5-10(14)12(9)16/h3-5,8,11,15-16H,6-7H2,1-2H3,(H,17,18). The predicted molar refractivity (Wildman–Crippen MR) is 65.8 cm³/mol. The van der Waals surface area contributed by atoms with Crippen molar-refractivity contribution in [2.75, 3.05) is 0 Å². The van der Waals surface area contributed by atoms with E-state index >= 15 is 0 Å². The lowest BCUT2D eigenvalue weighted by Crippen LogP contribution is -2.37. The van der Waals surface area contributed by atoms with Gasteiger partial charge in [0.05, 0.1) is 0 Å². The number of hydrogen-bond donors (Lipinski definition) is 3. The number of aromatic hydroxyl groups is 1. The van der Waals surface area contributed by atoms with E-state index in [2.05, 4.69) is 5.32 Å². The average molecular weight is 255 g/mol. The molecule has 5 heteroatoms. The number of benzene rings is 1. The second-order valence-electron chi connectivity index (χ2n) is 4.65. The zero-order valence-corrected chi connectivity index (χ0v) is 10.5. The molecule has 0 amide bonds. The number of hydrogen-bond acceptors (Lipinski definition) is 3. The van der Waals surface area contributed by atoms with Crippen LogP contribution in [0.3, 0.4) is 0 Å². The van der Waals surface area contributed by atoms with Crippen molar-refractivity contribution in [3.05, 3.63) is 29.6 Å². The molecule has 1 aromatic carbocycles. The van der Waals surface area contributed by atoms with Gasteiger partial charge in [0.25, 0.3) is 0 Å². The number of rotatable bonds is 6. The largest absolute Gasteiger partial charge is 0.505 e. The summed E-state index contributed by atoms with van der Waals surface area (Å²) in [6.07, 6.45) is 0.478. The molecule has 18 heavy (non-hydrogen) atoms. The molecule has 0 saturated carbocycles. The summed E-state index contributed by atoms with van der Waals surface area (Å²) in [5.74, 6) is -1.84. The monoisotopic (exact) mass is 255 g/mol. The van der Waals surface area contributed by atoms with E-state index in [1.54, 1.807) is 6.07 Å². The van der Waals surface area contributed by atoms with E-state index in [9.17, 15) is 14.3 Å². The summed E-state index contributed by atoms with van der Waals surface area (Å²) in [6.45, 7) is 3.97. The van der Waals surface area contributed by atoms with Crippen LogP contribution in [0.5, 0.6) is 5.75 Å². The molecule has 0 fully saturated rings. The summed E-state index contributed by atoms with van der Waals surface area (Å²) < 4.78 is 13.1. The molecule has 4 nitrogen and oxygen atoms in total. The average Bonchev–Trinajstić information content (AvgIpc) is 2.28. The zero-order valence-electron chi connectivity index (χ0n) is 10.5. The van der Waals surface area contributed by atoms with Crippen LogP contribution in [0.1, 0.15) is 25.8 Å². The van der Waals surface area contributed by atoms with Gasteiger partial charge in [-0.25, -0.2) is 4.39 Å². The molecule has 3 N–H and O–H groups in total. The molecule has 100 valence electrons. The first kappa shape index (κ1) is 14.4. The third kappa shape index (κ3) is 4.00. The second-order valence-corrected chi connectivity index (χ2v) is 4.65. The fourth-order valence-corrected chi connectivity index (χ4v) is 1.68. The van der Waals surface area contributed by atoms with Crippen LogP contribution < -0.4 is 5.32 Å². The molecular weight excluding hydrogens is 237 g/mol. The van der Waals surface area contributed by atoms with Gasteiger partial charge < -0.3 is 15.5 Å². The number of halogens is 1. The van der Waals surface area contributed by atoms with Gasteiger partial charge in [0, 0.05) is 12.1 Å². The first-order valence-corrected chi connectivity index (χ1v) is 5.84. The number of nitrogens with one attached hydrogen (secondary N) is 1. The van der Waals surface area contributed by atoms with Crippen LogP contribution in [-0.2, 0) is 11.3 Å². The lowest BCUT2D eigenvalue weighted by molar-refractivity contribution is -0.140. The van der Waals surface area contributed by atoms with Crippen molar-refractivity contribution in [2.45, 2.75) is 32.9 Å². The molecule has 1 aromatic rings. The molecule has 1 rings (SSSR count). The van der Waals surface area contributed by atoms with Gasteiger partial charge in [0.2, 0.25) is 0 Å². The third-order valence-electron chi connectivity index (χ3n) is 2.61. The lowest BCUT2D eigenvalue weighted by Gasteiger charge is -2.16. The van der Waals surface area contributed by atoms with Gasteiger partial charge >= 0.3 is 5.97 Å². The lowest BCUT2D eigenvalue weighted by atomic mass is 10.0. The number of aliphatic carboxylic acids is 1. The van der Waals surface area contributed by atoms with E-state index in [0.717, 1.165) is 6.07 Å². The van der Waals surface area contributed by atoms with Gasteiger partial charge in [0.15, 0.2) is 11.6 Å². The highest BCUT2D eigenvalue weighted by Crippen LogP contribution is 2.20. The maximum Gasteiger partial charge on any atom is 0.320 e. The fraction of sp³-hybridized carbons (Fsp3) is 0.462. The number of para-hydroxylation sites is 1. The van der Waals surface area contributed by atoms with Crippen molar-refractivity contribution in [1.82, 2.24) is 5.32 Å². The molecule has 0 heterocycles. The van der Waals surface area contributed by atoms with Crippen molar-refractivity contribution < 1.29 is 19.4 Å². The highest BCUT2D eigenvalue weighted by atomic mass is 19.1. The van der Waals surface area contributed by atoms with Crippen LogP contribution in [0, 0.1) is 11.7 Å². The van der Waals surface area contributed by atoms with E-state index < -0.39 is 23.6 Å². The first-order valence-electron chi connectivity index (χ1n) is 5.84. The second kappa shape index (κ2) is 6.35. The Morgan fingerprint density at radius 2 is 2.11 bits per heavy atom. The summed E-state index contributed by atoms with van der Waals surface area (Å²) in [6, 6.07) is 3.48. The number of phenols is 1. The molecule has 0 aromatic heterocycles. The van der Waals surface area contributed by atoms with Crippen molar-refractivity contribution in [3.8, 4) is 5.75 Å². The van der Waals surface area contributed by atoms with Gasteiger partial charge in [0.1, 0.15) is 6.04 Å². The zero-order chi connectivity index (χ0) is 13.7. The number of carboxylic acid groups (broad SMARTS) is 1.